The van der Waals surface area contributed by atoms with Gasteiger partial charge in [-0.15, -0.1) is 0 Å². The highest BCUT2D eigenvalue weighted by Gasteiger charge is 2.35. The van der Waals surface area contributed by atoms with E-state index in [0.717, 1.165) is 0 Å². The van der Waals surface area contributed by atoms with Crippen molar-refractivity contribution in [1.82, 2.24) is 19.1 Å². The van der Waals surface area contributed by atoms with E-state index in [1.165, 1.54) is 22.8 Å². The summed E-state index contributed by atoms with van der Waals surface area (Å²) in [5, 5.41) is 0. The van der Waals surface area contributed by atoms with E-state index in [-0.39, 0.29) is 28.7 Å². The molecule has 0 saturated carbocycles. The fourth-order valence-electron chi connectivity index (χ4n) is 3.69. The first-order chi connectivity index (χ1) is 14.3. The number of rotatable bonds is 5. The summed E-state index contributed by atoms with van der Waals surface area (Å²) in [6.07, 6.45) is 3.54. The molecule has 166 valence electrons. The number of ether oxygens (including phenoxy) is 1. The molecule has 1 aromatic rings. The fraction of sp³-hybridized carbons (Fsp3) is 0.650. The predicted molar refractivity (Wildman–Crippen MR) is 110 cm³/mol. The Bertz CT molecular complexity index is 830. The first-order valence-corrected chi connectivity index (χ1v) is 11.8. The quantitative estimate of drug-likeness (QED) is 0.689. The summed E-state index contributed by atoms with van der Waals surface area (Å²) in [4.78, 5) is 32.4. The number of hydrogen-bond donors (Lipinski definition) is 0. The van der Waals surface area contributed by atoms with E-state index in [1.54, 1.807) is 15.9 Å². The van der Waals surface area contributed by atoms with Crippen molar-refractivity contribution >= 4 is 22.0 Å². The maximum Gasteiger partial charge on any atom is 0.409 e. The van der Waals surface area contributed by atoms with Gasteiger partial charge in [0.2, 0.25) is 15.9 Å². The second-order valence-corrected chi connectivity index (χ2v) is 10.1. The number of amides is 2. The summed E-state index contributed by atoms with van der Waals surface area (Å²) in [5.74, 6) is 0.137. The lowest BCUT2D eigenvalue weighted by atomic mass is 9.96. The SMILES string of the molecule is CC(C)COC(=O)N1CCN(C(=O)C2CCN(S(=O)(=O)c3cccnc3)CC2)CC1. The largest absolute Gasteiger partial charge is 0.449 e. The lowest BCUT2D eigenvalue weighted by molar-refractivity contribution is -0.138. The van der Waals surface area contributed by atoms with Crippen LogP contribution < -0.4 is 0 Å². The standard InChI is InChI=1S/C20H30N4O5S/c1-16(2)15-29-20(26)23-12-10-22(11-13-23)19(25)17-5-8-24(9-6-17)30(27,28)18-4-3-7-21-14-18/h3-4,7,14,16-17H,5-6,8-13,15H2,1-2H3. The number of carbonyl (C=O) groups is 2. The second-order valence-electron chi connectivity index (χ2n) is 8.15. The summed E-state index contributed by atoms with van der Waals surface area (Å²) in [5.41, 5.74) is 0. The van der Waals surface area contributed by atoms with E-state index in [9.17, 15) is 18.0 Å². The monoisotopic (exact) mass is 438 g/mol. The van der Waals surface area contributed by atoms with Gasteiger partial charge in [-0.2, -0.15) is 4.31 Å². The number of hydrogen-bond acceptors (Lipinski definition) is 6. The predicted octanol–water partition coefficient (Wildman–Crippen LogP) is 1.42. The number of nitrogens with zero attached hydrogens (tertiary/aromatic N) is 4. The van der Waals surface area contributed by atoms with Crippen LogP contribution in [0.25, 0.3) is 0 Å². The molecule has 0 atom stereocenters. The van der Waals surface area contributed by atoms with Gasteiger partial charge in [0.15, 0.2) is 0 Å². The Morgan fingerprint density at radius 2 is 1.73 bits per heavy atom. The van der Waals surface area contributed by atoms with E-state index in [4.69, 9.17) is 4.74 Å². The zero-order chi connectivity index (χ0) is 21.7. The number of aromatic nitrogens is 1. The number of pyridine rings is 1. The van der Waals surface area contributed by atoms with Gasteiger partial charge < -0.3 is 14.5 Å². The molecule has 0 N–H and O–H groups in total. The summed E-state index contributed by atoms with van der Waals surface area (Å²) in [6.45, 7) is 6.85. The van der Waals surface area contributed by atoms with Crippen LogP contribution in [0.4, 0.5) is 4.79 Å². The topological polar surface area (TPSA) is 100 Å². The van der Waals surface area contributed by atoms with E-state index in [0.29, 0.717) is 58.7 Å². The molecule has 0 radical (unpaired) electrons. The van der Waals surface area contributed by atoms with E-state index < -0.39 is 10.0 Å². The van der Waals surface area contributed by atoms with Crippen molar-refractivity contribution in [2.24, 2.45) is 11.8 Å². The van der Waals surface area contributed by atoms with Crippen molar-refractivity contribution in [2.75, 3.05) is 45.9 Å². The Hall–Kier alpha value is -2.20. The Kier molecular flexibility index (Phi) is 7.30. The van der Waals surface area contributed by atoms with E-state index >= 15 is 0 Å². The average Bonchev–Trinajstić information content (AvgIpc) is 2.77. The normalized spacial score (nSPS) is 19.2. The van der Waals surface area contributed by atoms with Crippen LogP contribution in [0.3, 0.4) is 0 Å². The molecule has 9 nitrogen and oxygen atoms in total. The zero-order valence-electron chi connectivity index (χ0n) is 17.6. The van der Waals surface area contributed by atoms with Crippen LogP contribution in [0, 0.1) is 11.8 Å². The Balaban J connectivity index is 1.48. The van der Waals surface area contributed by atoms with Gasteiger partial charge in [0.05, 0.1) is 6.61 Å². The van der Waals surface area contributed by atoms with Gasteiger partial charge in [0.1, 0.15) is 4.90 Å². The zero-order valence-corrected chi connectivity index (χ0v) is 18.4. The molecular weight excluding hydrogens is 408 g/mol. The van der Waals surface area contributed by atoms with Crippen molar-refractivity contribution in [1.29, 1.82) is 0 Å². The van der Waals surface area contributed by atoms with Crippen molar-refractivity contribution < 1.29 is 22.7 Å². The van der Waals surface area contributed by atoms with Crippen molar-refractivity contribution in [3.05, 3.63) is 24.5 Å². The Morgan fingerprint density at radius 1 is 1.10 bits per heavy atom. The molecule has 10 heteroatoms. The molecule has 0 unspecified atom stereocenters. The van der Waals surface area contributed by atoms with Gasteiger partial charge in [-0.25, -0.2) is 13.2 Å². The van der Waals surface area contributed by atoms with Gasteiger partial charge >= 0.3 is 6.09 Å². The van der Waals surface area contributed by atoms with Crippen LogP contribution in [0.5, 0.6) is 0 Å². The summed E-state index contributed by atoms with van der Waals surface area (Å²) >= 11 is 0. The highest BCUT2D eigenvalue weighted by Crippen LogP contribution is 2.25. The summed E-state index contributed by atoms with van der Waals surface area (Å²) < 4.78 is 32.1. The van der Waals surface area contributed by atoms with Crippen LogP contribution in [0.1, 0.15) is 26.7 Å². The van der Waals surface area contributed by atoms with E-state index in [1.807, 2.05) is 13.8 Å². The van der Waals surface area contributed by atoms with Gasteiger partial charge in [0.25, 0.3) is 0 Å². The number of carbonyl (C=O) groups excluding carboxylic acids is 2. The van der Waals surface area contributed by atoms with Crippen molar-refractivity contribution in [3.63, 3.8) is 0 Å². The molecule has 2 amide bonds. The third-order valence-electron chi connectivity index (χ3n) is 5.47. The second kappa shape index (κ2) is 9.74. The highest BCUT2D eigenvalue weighted by atomic mass is 32.2. The van der Waals surface area contributed by atoms with Crippen LogP contribution in [-0.4, -0.2) is 85.4 Å². The molecule has 30 heavy (non-hydrogen) atoms. The fourth-order valence-corrected chi connectivity index (χ4v) is 5.12. The third-order valence-corrected chi connectivity index (χ3v) is 7.35. The molecule has 3 heterocycles. The van der Waals surface area contributed by atoms with Gasteiger partial charge in [-0.1, -0.05) is 13.8 Å². The molecule has 3 rings (SSSR count). The molecule has 0 aliphatic carbocycles. The minimum Gasteiger partial charge on any atom is -0.449 e. The lowest BCUT2D eigenvalue weighted by Gasteiger charge is -2.38. The molecule has 2 saturated heterocycles. The number of sulfonamides is 1. The molecule has 0 bridgehead atoms. The minimum absolute atomic E-state index is 0.0450. The van der Waals surface area contributed by atoms with Crippen LogP contribution in [-0.2, 0) is 19.6 Å². The molecule has 0 spiro atoms. The maximum absolute atomic E-state index is 12.9. The molecule has 1 aromatic heterocycles. The van der Waals surface area contributed by atoms with Crippen LogP contribution in [0.2, 0.25) is 0 Å². The molecule has 2 aliphatic heterocycles. The van der Waals surface area contributed by atoms with E-state index in [2.05, 4.69) is 4.98 Å². The van der Waals surface area contributed by atoms with Crippen molar-refractivity contribution in [2.45, 2.75) is 31.6 Å². The molecule has 2 aliphatic rings. The molecule has 0 aromatic carbocycles. The van der Waals surface area contributed by atoms with Gasteiger partial charge in [-0.05, 0) is 30.9 Å². The van der Waals surface area contributed by atoms with Gasteiger partial charge in [0, 0.05) is 57.6 Å². The summed E-state index contributed by atoms with van der Waals surface area (Å²) in [6, 6.07) is 3.13. The number of piperazine rings is 1. The van der Waals surface area contributed by atoms with Crippen LogP contribution in [0.15, 0.2) is 29.4 Å². The molecule has 2 fully saturated rings. The first-order valence-electron chi connectivity index (χ1n) is 10.4. The Labute approximate surface area is 178 Å². The minimum atomic E-state index is -3.58. The average molecular weight is 439 g/mol. The molecular formula is C20H30N4O5S. The summed E-state index contributed by atoms with van der Waals surface area (Å²) in [7, 11) is -3.58. The third kappa shape index (κ3) is 5.28. The Morgan fingerprint density at radius 3 is 2.30 bits per heavy atom. The smallest absolute Gasteiger partial charge is 0.409 e. The van der Waals surface area contributed by atoms with Crippen LogP contribution >= 0.6 is 0 Å². The lowest BCUT2D eigenvalue weighted by Crippen LogP contribution is -2.53. The highest BCUT2D eigenvalue weighted by molar-refractivity contribution is 7.89. The van der Waals surface area contributed by atoms with Gasteiger partial charge in [-0.3, -0.25) is 9.78 Å². The first kappa shape index (κ1) is 22.5. The maximum atomic E-state index is 12.9. The van der Waals surface area contributed by atoms with Crippen molar-refractivity contribution in [3.8, 4) is 0 Å². The number of piperidine rings is 1.